The molecule has 0 saturated heterocycles. The molecule has 4 heteroatoms. The molecule has 0 aromatic heterocycles. The lowest BCUT2D eigenvalue weighted by atomic mass is 9.94. The zero-order valence-corrected chi connectivity index (χ0v) is 17.5. The van der Waals surface area contributed by atoms with E-state index in [9.17, 15) is 5.11 Å². The van der Waals surface area contributed by atoms with Gasteiger partial charge in [-0.25, -0.2) is 0 Å². The molecule has 0 radical (unpaired) electrons. The summed E-state index contributed by atoms with van der Waals surface area (Å²) in [6.45, 7) is 12.0. The van der Waals surface area contributed by atoms with Crippen molar-refractivity contribution in [3.63, 3.8) is 0 Å². The van der Waals surface area contributed by atoms with Gasteiger partial charge in [-0.15, -0.1) is 0 Å². The van der Waals surface area contributed by atoms with Gasteiger partial charge in [0.15, 0.2) is 0 Å². The maximum absolute atomic E-state index is 10.4. The van der Waals surface area contributed by atoms with Crippen LogP contribution in [0.3, 0.4) is 0 Å². The predicted octanol–water partition coefficient (Wildman–Crippen LogP) is 4.09. The summed E-state index contributed by atoms with van der Waals surface area (Å²) in [6, 6.07) is 8.82. The van der Waals surface area contributed by atoms with E-state index in [1.165, 1.54) is 43.2 Å². The molecular weight excluding hydrogens is 336 g/mol. The van der Waals surface area contributed by atoms with Gasteiger partial charge >= 0.3 is 0 Å². The SMILES string of the molecule is C=C(C)CN(CC)Cc1cccc(OCC(O)CN(C)C2CCCCC2)c1. The van der Waals surface area contributed by atoms with Crippen molar-refractivity contribution in [3.05, 3.63) is 42.0 Å². The summed E-state index contributed by atoms with van der Waals surface area (Å²) in [5.41, 5.74) is 2.40. The molecule has 152 valence electrons. The van der Waals surface area contributed by atoms with E-state index in [0.29, 0.717) is 19.2 Å². The van der Waals surface area contributed by atoms with Crippen molar-refractivity contribution in [2.75, 3.05) is 33.3 Å². The van der Waals surface area contributed by atoms with E-state index in [1.807, 2.05) is 12.1 Å². The molecule has 1 unspecified atom stereocenters. The first-order valence-electron chi connectivity index (χ1n) is 10.4. The van der Waals surface area contributed by atoms with E-state index in [1.54, 1.807) is 0 Å². The molecule has 0 amide bonds. The fourth-order valence-corrected chi connectivity index (χ4v) is 3.90. The van der Waals surface area contributed by atoms with Gasteiger partial charge in [0, 0.05) is 25.7 Å². The second-order valence-electron chi connectivity index (χ2n) is 8.10. The van der Waals surface area contributed by atoms with Crippen LogP contribution in [0.15, 0.2) is 36.4 Å². The maximum Gasteiger partial charge on any atom is 0.119 e. The second-order valence-corrected chi connectivity index (χ2v) is 8.10. The van der Waals surface area contributed by atoms with Gasteiger partial charge in [-0.3, -0.25) is 4.90 Å². The Kier molecular flexibility index (Phi) is 9.32. The lowest BCUT2D eigenvalue weighted by molar-refractivity contribution is 0.0561. The number of hydrogen-bond acceptors (Lipinski definition) is 4. The van der Waals surface area contributed by atoms with E-state index in [-0.39, 0.29) is 0 Å². The van der Waals surface area contributed by atoms with Gasteiger partial charge in [0.25, 0.3) is 0 Å². The molecule has 1 atom stereocenters. The number of rotatable bonds is 11. The van der Waals surface area contributed by atoms with Crippen molar-refractivity contribution in [1.82, 2.24) is 9.80 Å². The van der Waals surface area contributed by atoms with Crippen LogP contribution in [0.25, 0.3) is 0 Å². The second kappa shape index (κ2) is 11.5. The van der Waals surface area contributed by atoms with Gasteiger partial charge in [0.05, 0.1) is 0 Å². The fourth-order valence-electron chi connectivity index (χ4n) is 3.90. The maximum atomic E-state index is 10.4. The summed E-state index contributed by atoms with van der Waals surface area (Å²) in [4.78, 5) is 4.66. The van der Waals surface area contributed by atoms with Crippen molar-refractivity contribution in [2.24, 2.45) is 0 Å². The van der Waals surface area contributed by atoms with Crippen molar-refractivity contribution in [3.8, 4) is 5.75 Å². The lowest BCUT2D eigenvalue weighted by Crippen LogP contribution is -2.40. The van der Waals surface area contributed by atoms with Crippen LogP contribution >= 0.6 is 0 Å². The summed E-state index contributed by atoms with van der Waals surface area (Å²) >= 11 is 0. The summed E-state index contributed by atoms with van der Waals surface area (Å²) in [6.07, 6.45) is 6.03. The van der Waals surface area contributed by atoms with E-state index >= 15 is 0 Å². The average molecular weight is 375 g/mol. The minimum Gasteiger partial charge on any atom is -0.491 e. The molecule has 2 rings (SSSR count). The third-order valence-electron chi connectivity index (χ3n) is 5.38. The van der Waals surface area contributed by atoms with Crippen LogP contribution in [0.5, 0.6) is 5.75 Å². The van der Waals surface area contributed by atoms with Gasteiger partial charge in [-0.1, -0.05) is 50.5 Å². The molecule has 1 aromatic rings. The van der Waals surface area contributed by atoms with Gasteiger partial charge in [0.2, 0.25) is 0 Å². The summed E-state index contributed by atoms with van der Waals surface area (Å²) in [5, 5.41) is 10.4. The zero-order chi connectivity index (χ0) is 19.6. The highest BCUT2D eigenvalue weighted by Gasteiger charge is 2.20. The number of hydrogen-bond donors (Lipinski definition) is 1. The van der Waals surface area contributed by atoms with Crippen LogP contribution in [0.4, 0.5) is 0 Å². The van der Waals surface area contributed by atoms with Crippen LogP contribution in [0.1, 0.15) is 51.5 Å². The highest BCUT2D eigenvalue weighted by Crippen LogP contribution is 2.22. The molecular formula is C23H38N2O2. The van der Waals surface area contributed by atoms with Crippen LogP contribution in [-0.4, -0.2) is 60.3 Å². The number of aliphatic hydroxyl groups is 1. The average Bonchev–Trinajstić information content (AvgIpc) is 2.66. The van der Waals surface area contributed by atoms with Crippen LogP contribution in [0, 0.1) is 0 Å². The standard InChI is InChI=1S/C23H38N2O2/c1-5-25(15-19(2)3)16-20-10-9-13-23(14-20)27-18-22(26)17-24(4)21-11-7-6-8-12-21/h9-10,13-14,21-22,26H,2,5-8,11-12,15-18H2,1,3-4H3. The molecule has 27 heavy (non-hydrogen) atoms. The number of benzene rings is 1. The van der Waals surface area contributed by atoms with Gasteiger partial charge < -0.3 is 14.7 Å². The molecule has 0 bridgehead atoms. The molecule has 1 aliphatic rings. The van der Waals surface area contributed by atoms with Crippen LogP contribution in [-0.2, 0) is 6.54 Å². The first-order valence-corrected chi connectivity index (χ1v) is 10.4. The molecule has 1 aromatic carbocycles. The third kappa shape index (κ3) is 8.04. The Labute approximate surface area is 165 Å². The Bertz CT molecular complexity index is 569. The van der Waals surface area contributed by atoms with Gasteiger partial charge in [-0.2, -0.15) is 0 Å². The first-order chi connectivity index (χ1) is 13.0. The largest absolute Gasteiger partial charge is 0.491 e. The predicted molar refractivity (Wildman–Crippen MR) is 113 cm³/mol. The van der Waals surface area contributed by atoms with Crippen molar-refractivity contribution in [2.45, 2.75) is 64.6 Å². The normalized spacial score (nSPS) is 16.7. The quantitative estimate of drug-likeness (QED) is 0.592. The molecule has 0 heterocycles. The molecule has 4 nitrogen and oxygen atoms in total. The number of likely N-dealkylation sites (N-methyl/N-ethyl adjacent to an activating group) is 2. The smallest absolute Gasteiger partial charge is 0.119 e. The van der Waals surface area contributed by atoms with Crippen molar-refractivity contribution >= 4 is 0 Å². The van der Waals surface area contributed by atoms with E-state index in [0.717, 1.165) is 25.4 Å². The van der Waals surface area contributed by atoms with E-state index < -0.39 is 6.10 Å². The fraction of sp³-hybridized carbons (Fsp3) is 0.652. The topological polar surface area (TPSA) is 35.9 Å². The molecule has 0 aliphatic heterocycles. The lowest BCUT2D eigenvalue weighted by Gasteiger charge is -2.32. The van der Waals surface area contributed by atoms with E-state index in [4.69, 9.17) is 4.74 Å². The number of nitrogens with zero attached hydrogens (tertiary/aromatic N) is 2. The highest BCUT2D eigenvalue weighted by atomic mass is 16.5. The molecule has 1 aliphatic carbocycles. The Hall–Kier alpha value is -1.36. The van der Waals surface area contributed by atoms with Gasteiger partial charge in [0.1, 0.15) is 18.5 Å². The Morgan fingerprint density at radius 1 is 1.30 bits per heavy atom. The van der Waals surface area contributed by atoms with Crippen LogP contribution < -0.4 is 4.74 Å². The minimum absolute atomic E-state index is 0.337. The Balaban J connectivity index is 1.80. The summed E-state index contributed by atoms with van der Waals surface area (Å²) in [7, 11) is 2.13. The van der Waals surface area contributed by atoms with Crippen molar-refractivity contribution in [1.29, 1.82) is 0 Å². The van der Waals surface area contributed by atoms with Gasteiger partial charge in [-0.05, 0) is 51.1 Å². The number of ether oxygens (including phenoxy) is 1. The Morgan fingerprint density at radius 2 is 2.04 bits per heavy atom. The van der Waals surface area contributed by atoms with Crippen LogP contribution in [0.2, 0.25) is 0 Å². The van der Waals surface area contributed by atoms with E-state index in [2.05, 4.69) is 49.4 Å². The zero-order valence-electron chi connectivity index (χ0n) is 17.5. The first kappa shape index (κ1) is 21.9. The Morgan fingerprint density at radius 3 is 2.70 bits per heavy atom. The molecule has 1 fully saturated rings. The molecule has 0 spiro atoms. The summed E-state index contributed by atoms with van der Waals surface area (Å²) < 4.78 is 5.88. The summed E-state index contributed by atoms with van der Waals surface area (Å²) in [5.74, 6) is 0.832. The highest BCUT2D eigenvalue weighted by molar-refractivity contribution is 5.28. The third-order valence-corrected chi connectivity index (χ3v) is 5.38. The van der Waals surface area contributed by atoms with Crippen molar-refractivity contribution < 1.29 is 9.84 Å². The minimum atomic E-state index is -0.462. The molecule has 1 N–H and O–H groups in total. The monoisotopic (exact) mass is 374 g/mol. The number of aliphatic hydroxyl groups excluding tert-OH is 1. The molecule has 1 saturated carbocycles.